The Hall–Kier alpha value is -4.37. The van der Waals surface area contributed by atoms with Crippen molar-refractivity contribution >= 4 is 45.5 Å². The van der Waals surface area contributed by atoms with E-state index in [2.05, 4.69) is 15.6 Å². The van der Waals surface area contributed by atoms with Gasteiger partial charge in [-0.05, 0) is 62.7 Å². The number of likely N-dealkylation sites (N-methyl/N-ethyl adjacent to an activating group) is 1. The number of amides is 1. The van der Waals surface area contributed by atoms with E-state index in [9.17, 15) is 4.79 Å². The topological polar surface area (TPSA) is 117 Å². The third-order valence-electron chi connectivity index (χ3n) is 6.06. The first-order chi connectivity index (χ1) is 19.2. The number of hydrogen-bond donors (Lipinski definition) is 3. The van der Waals surface area contributed by atoms with Crippen LogP contribution in [0.15, 0.2) is 66.9 Å². The molecule has 4 aromatic rings. The molecule has 0 radical (unpaired) electrons. The molecule has 0 aliphatic rings. The lowest BCUT2D eigenvalue weighted by atomic mass is 10.1. The molecule has 0 bridgehead atoms. The number of methoxy groups -OCH3 is 1. The number of ether oxygens (including phenoxy) is 4. The number of para-hydroxylation sites is 2. The van der Waals surface area contributed by atoms with Gasteiger partial charge in [0.2, 0.25) is 0 Å². The van der Waals surface area contributed by atoms with Crippen LogP contribution in [0.4, 0.5) is 17.1 Å². The van der Waals surface area contributed by atoms with Crippen molar-refractivity contribution in [2.45, 2.75) is 25.9 Å². The highest BCUT2D eigenvalue weighted by Gasteiger charge is 2.30. The van der Waals surface area contributed by atoms with E-state index in [1.54, 1.807) is 46.3 Å². The lowest BCUT2D eigenvalue weighted by molar-refractivity contribution is -0.133. The molecule has 4 N–H and O–H groups in total. The molecule has 0 spiro atoms. The molecule has 3 aromatic carbocycles. The molecule has 0 saturated carbocycles. The van der Waals surface area contributed by atoms with Crippen LogP contribution in [0.2, 0.25) is 0 Å². The van der Waals surface area contributed by atoms with Gasteiger partial charge in [-0.3, -0.25) is 9.78 Å². The first-order valence-electron chi connectivity index (χ1n) is 12.8. The first-order valence-corrected chi connectivity index (χ1v) is 13.3. The maximum absolute atomic E-state index is 12.2. The maximum atomic E-state index is 12.2. The normalized spacial score (nSPS) is 11.1. The van der Waals surface area contributed by atoms with Gasteiger partial charge in [0.25, 0.3) is 5.91 Å². The molecule has 1 heterocycles. The van der Waals surface area contributed by atoms with Gasteiger partial charge in [0, 0.05) is 30.1 Å². The summed E-state index contributed by atoms with van der Waals surface area (Å²) in [5.41, 5.74) is 7.91. The molecule has 0 aliphatic carbocycles. The van der Waals surface area contributed by atoms with E-state index in [-0.39, 0.29) is 5.91 Å². The van der Waals surface area contributed by atoms with Crippen LogP contribution in [0, 0.1) is 0 Å². The van der Waals surface area contributed by atoms with Gasteiger partial charge in [-0.25, -0.2) is 0 Å². The molecule has 1 amide bonds. The highest BCUT2D eigenvalue weighted by atomic mass is 35.5. The first kappa shape index (κ1) is 28.6. The van der Waals surface area contributed by atoms with E-state index in [0.717, 1.165) is 17.5 Å². The van der Waals surface area contributed by atoms with Crippen LogP contribution in [-0.2, 0) is 4.79 Å². The number of halogens is 1. The Kier molecular flexibility index (Phi) is 9.06. The van der Waals surface area contributed by atoms with Crippen LogP contribution >= 0.6 is 11.6 Å². The van der Waals surface area contributed by atoms with Crippen molar-refractivity contribution in [3.05, 3.63) is 66.9 Å². The Balaban J connectivity index is 1.55. The number of carbonyl (C=O) groups excluding carboxylic acids is 1. The Morgan fingerprint density at radius 2 is 1.75 bits per heavy atom. The summed E-state index contributed by atoms with van der Waals surface area (Å²) in [6, 6.07) is 18.3. The molecule has 1 aromatic heterocycles. The Morgan fingerprint density at radius 1 is 1.02 bits per heavy atom. The van der Waals surface area contributed by atoms with E-state index >= 15 is 0 Å². The van der Waals surface area contributed by atoms with Crippen LogP contribution in [0.5, 0.6) is 28.7 Å². The number of pyridine rings is 1. The molecule has 9 nitrogen and oxygen atoms in total. The lowest BCUT2D eigenvalue weighted by Gasteiger charge is -2.25. The summed E-state index contributed by atoms with van der Waals surface area (Å²) >= 11 is 5.77. The number of nitrogen functional groups attached to an aromatic ring is 1. The number of alkyl halides is 1. The van der Waals surface area contributed by atoms with Gasteiger partial charge in [0.15, 0.2) is 28.6 Å². The SMILES string of the molecule is CNC(=O)C(C)(C)Oc1ccccc1Oc1ccc(Nc2c(N)cnc3cc(OCCCCl)c(OC)cc23)cc1. The average molecular weight is 565 g/mol. The average Bonchev–Trinajstić information content (AvgIpc) is 2.95. The standard InChI is InChI=1S/C30H33ClN4O5/c1-30(2,29(36)33-3)40-25-9-6-5-8-24(25)39-20-12-10-19(11-13-20)35-28-21-16-26(37-4)27(38-15-7-14-31)17-23(21)34-18-22(28)32/h5-6,8-13,16-18H,7,14-15,32H2,1-4H3,(H,33,36)(H,34,35). The van der Waals surface area contributed by atoms with Crippen LogP contribution in [0.3, 0.4) is 0 Å². The molecular formula is C30H33ClN4O5. The molecule has 4 rings (SSSR count). The molecule has 0 saturated heterocycles. The number of rotatable bonds is 12. The fraction of sp³-hybridized carbons (Fsp3) is 0.267. The van der Waals surface area contributed by atoms with Crippen molar-refractivity contribution in [3.63, 3.8) is 0 Å². The minimum Gasteiger partial charge on any atom is -0.493 e. The van der Waals surface area contributed by atoms with E-state index < -0.39 is 5.60 Å². The van der Waals surface area contributed by atoms with Gasteiger partial charge >= 0.3 is 0 Å². The molecular weight excluding hydrogens is 532 g/mol. The largest absolute Gasteiger partial charge is 0.493 e. The zero-order valence-electron chi connectivity index (χ0n) is 22.9. The Bertz CT molecular complexity index is 1480. The monoisotopic (exact) mass is 564 g/mol. The van der Waals surface area contributed by atoms with Crippen molar-refractivity contribution in [3.8, 4) is 28.7 Å². The van der Waals surface area contributed by atoms with Crippen LogP contribution in [0.25, 0.3) is 10.9 Å². The van der Waals surface area contributed by atoms with E-state index in [1.165, 1.54) is 0 Å². The van der Waals surface area contributed by atoms with Crippen LogP contribution < -0.4 is 35.3 Å². The van der Waals surface area contributed by atoms with E-state index in [0.29, 0.717) is 58.1 Å². The van der Waals surface area contributed by atoms with Gasteiger partial charge in [-0.2, -0.15) is 0 Å². The minimum atomic E-state index is -1.07. The van der Waals surface area contributed by atoms with Crippen molar-refractivity contribution in [2.24, 2.45) is 0 Å². The van der Waals surface area contributed by atoms with Gasteiger partial charge in [-0.1, -0.05) is 12.1 Å². The molecule has 40 heavy (non-hydrogen) atoms. The predicted octanol–water partition coefficient (Wildman–Crippen LogP) is 6.27. The quantitative estimate of drug-likeness (QED) is 0.136. The van der Waals surface area contributed by atoms with Gasteiger partial charge in [0.05, 0.1) is 36.8 Å². The number of nitrogens with zero attached hydrogens (tertiary/aromatic N) is 1. The minimum absolute atomic E-state index is 0.242. The van der Waals surface area contributed by atoms with Gasteiger partial charge < -0.3 is 35.3 Å². The summed E-state index contributed by atoms with van der Waals surface area (Å²) in [5.74, 6) is 2.96. The zero-order chi connectivity index (χ0) is 28.7. The summed E-state index contributed by atoms with van der Waals surface area (Å²) in [6.07, 6.45) is 2.32. The van der Waals surface area contributed by atoms with E-state index in [1.807, 2.05) is 48.5 Å². The molecule has 0 fully saturated rings. The smallest absolute Gasteiger partial charge is 0.263 e. The summed E-state index contributed by atoms with van der Waals surface area (Å²) in [5, 5.41) is 6.78. The van der Waals surface area contributed by atoms with Crippen molar-refractivity contribution in [1.82, 2.24) is 10.3 Å². The molecule has 0 unspecified atom stereocenters. The summed E-state index contributed by atoms with van der Waals surface area (Å²) in [6.45, 7) is 3.87. The Morgan fingerprint density at radius 3 is 2.42 bits per heavy atom. The third kappa shape index (κ3) is 6.60. The molecule has 0 atom stereocenters. The fourth-order valence-electron chi connectivity index (χ4n) is 3.98. The second-order valence-electron chi connectivity index (χ2n) is 9.39. The second-order valence-corrected chi connectivity index (χ2v) is 9.77. The molecule has 210 valence electrons. The van der Waals surface area contributed by atoms with Gasteiger partial charge in [0.1, 0.15) is 5.75 Å². The number of carbonyl (C=O) groups is 1. The molecule has 0 aliphatic heterocycles. The Labute approximate surface area is 238 Å². The maximum Gasteiger partial charge on any atom is 0.263 e. The highest BCUT2D eigenvalue weighted by molar-refractivity contribution is 6.17. The summed E-state index contributed by atoms with van der Waals surface area (Å²) in [4.78, 5) is 16.7. The van der Waals surface area contributed by atoms with E-state index in [4.69, 9.17) is 36.3 Å². The third-order valence-corrected chi connectivity index (χ3v) is 6.33. The number of benzene rings is 3. The number of fused-ring (bicyclic) bond motifs is 1. The summed E-state index contributed by atoms with van der Waals surface area (Å²) < 4.78 is 23.5. The number of nitrogens with one attached hydrogen (secondary N) is 2. The number of anilines is 3. The van der Waals surface area contributed by atoms with Crippen LogP contribution in [0.1, 0.15) is 20.3 Å². The predicted molar refractivity (Wildman–Crippen MR) is 159 cm³/mol. The van der Waals surface area contributed by atoms with Crippen molar-refractivity contribution in [1.29, 1.82) is 0 Å². The summed E-state index contributed by atoms with van der Waals surface area (Å²) in [7, 11) is 3.16. The second kappa shape index (κ2) is 12.7. The number of aromatic nitrogens is 1. The zero-order valence-corrected chi connectivity index (χ0v) is 23.7. The molecule has 10 heteroatoms. The van der Waals surface area contributed by atoms with Crippen molar-refractivity contribution < 1.29 is 23.7 Å². The number of hydrogen-bond acceptors (Lipinski definition) is 8. The number of nitrogens with two attached hydrogens (primary N) is 1. The lowest BCUT2D eigenvalue weighted by Crippen LogP contribution is -2.45. The fourth-order valence-corrected chi connectivity index (χ4v) is 4.09. The highest BCUT2D eigenvalue weighted by Crippen LogP contribution is 2.39. The van der Waals surface area contributed by atoms with Gasteiger partial charge in [-0.15, -0.1) is 11.6 Å². The van der Waals surface area contributed by atoms with Crippen molar-refractivity contribution in [2.75, 3.05) is 37.7 Å². The van der Waals surface area contributed by atoms with Crippen LogP contribution in [-0.4, -0.2) is 43.1 Å².